The lowest BCUT2D eigenvalue weighted by Gasteiger charge is -2.11. The standard InChI is InChI=1S/C19H14FN5O3/c1-24-18(27)15-17(23-22-16(21-15)11-6-8-13(26)9-7-11)25(19(24)28)10-12-4-2-3-5-14(12)20/h2-9,26H,10H2,1H3. The number of rotatable bonds is 3. The van der Waals surface area contributed by atoms with E-state index >= 15 is 0 Å². The molecule has 0 aliphatic heterocycles. The van der Waals surface area contributed by atoms with Crippen molar-refractivity contribution in [3.63, 3.8) is 0 Å². The van der Waals surface area contributed by atoms with E-state index in [1.165, 1.54) is 25.2 Å². The van der Waals surface area contributed by atoms with Crippen molar-refractivity contribution in [2.75, 3.05) is 0 Å². The van der Waals surface area contributed by atoms with Crippen LogP contribution in [0, 0.1) is 5.82 Å². The molecule has 0 radical (unpaired) electrons. The molecule has 140 valence electrons. The second-order valence-corrected chi connectivity index (χ2v) is 6.18. The van der Waals surface area contributed by atoms with Crippen molar-refractivity contribution in [2.45, 2.75) is 6.54 Å². The molecule has 2 aromatic carbocycles. The van der Waals surface area contributed by atoms with Gasteiger partial charge in [0, 0.05) is 18.2 Å². The molecule has 0 spiro atoms. The minimum Gasteiger partial charge on any atom is -0.508 e. The highest BCUT2D eigenvalue weighted by atomic mass is 19.1. The number of hydrogen-bond donors (Lipinski definition) is 1. The van der Waals surface area contributed by atoms with Crippen molar-refractivity contribution >= 4 is 11.2 Å². The van der Waals surface area contributed by atoms with Crippen molar-refractivity contribution in [1.82, 2.24) is 24.3 Å². The zero-order valence-corrected chi connectivity index (χ0v) is 14.7. The summed E-state index contributed by atoms with van der Waals surface area (Å²) in [5.41, 5.74) is -0.542. The van der Waals surface area contributed by atoms with E-state index in [-0.39, 0.29) is 34.8 Å². The van der Waals surface area contributed by atoms with Crippen molar-refractivity contribution < 1.29 is 9.50 Å². The van der Waals surface area contributed by atoms with E-state index in [9.17, 15) is 19.1 Å². The maximum absolute atomic E-state index is 14.0. The quantitative estimate of drug-likeness (QED) is 0.578. The molecule has 0 fully saturated rings. The lowest BCUT2D eigenvalue weighted by molar-refractivity contribution is 0.475. The van der Waals surface area contributed by atoms with Gasteiger partial charge in [0.2, 0.25) is 0 Å². The minimum atomic E-state index is -0.644. The highest BCUT2D eigenvalue weighted by Crippen LogP contribution is 2.19. The fourth-order valence-corrected chi connectivity index (χ4v) is 2.84. The molecule has 0 aliphatic carbocycles. The molecule has 0 bridgehead atoms. The van der Waals surface area contributed by atoms with Crippen molar-refractivity contribution in [3.05, 3.63) is 80.7 Å². The van der Waals surface area contributed by atoms with E-state index in [1.54, 1.807) is 30.3 Å². The van der Waals surface area contributed by atoms with Gasteiger partial charge in [-0.2, -0.15) is 0 Å². The Hall–Kier alpha value is -3.88. The Kier molecular flexibility index (Phi) is 4.19. The summed E-state index contributed by atoms with van der Waals surface area (Å²) in [5.74, 6) is -0.231. The summed E-state index contributed by atoms with van der Waals surface area (Å²) in [6, 6.07) is 12.1. The van der Waals surface area contributed by atoms with Crippen LogP contribution >= 0.6 is 0 Å². The molecule has 0 unspecified atom stereocenters. The third-order valence-electron chi connectivity index (χ3n) is 4.36. The van der Waals surface area contributed by atoms with Gasteiger partial charge < -0.3 is 5.11 Å². The second kappa shape index (κ2) is 6.69. The van der Waals surface area contributed by atoms with Crippen molar-refractivity contribution in [3.8, 4) is 17.1 Å². The predicted molar refractivity (Wildman–Crippen MR) is 99.4 cm³/mol. The lowest BCUT2D eigenvalue weighted by atomic mass is 10.2. The topological polar surface area (TPSA) is 103 Å². The van der Waals surface area contributed by atoms with Gasteiger partial charge in [-0.3, -0.25) is 13.9 Å². The van der Waals surface area contributed by atoms with E-state index in [4.69, 9.17) is 0 Å². The molecule has 0 saturated heterocycles. The number of phenols is 1. The smallest absolute Gasteiger partial charge is 0.332 e. The average molecular weight is 379 g/mol. The number of phenolic OH excluding ortho intramolecular Hbond substituents is 1. The molecule has 28 heavy (non-hydrogen) atoms. The molecular weight excluding hydrogens is 365 g/mol. The number of benzene rings is 2. The van der Waals surface area contributed by atoms with Gasteiger partial charge in [0.1, 0.15) is 11.6 Å². The predicted octanol–water partition coefficient (Wildman–Crippen LogP) is 1.45. The minimum absolute atomic E-state index is 0.0288. The number of hydrogen-bond acceptors (Lipinski definition) is 6. The fourth-order valence-electron chi connectivity index (χ4n) is 2.84. The van der Waals surface area contributed by atoms with Crippen LogP contribution in [0.4, 0.5) is 4.39 Å². The van der Waals surface area contributed by atoms with Crippen LogP contribution in [0.2, 0.25) is 0 Å². The molecule has 2 aromatic heterocycles. The first-order valence-electron chi connectivity index (χ1n) is 8.33. The van der Waals surface area contributed by atoms with Crippen LogP contribution in [0.15, 0.2) is 58.1 Å². The molecule has 0 saturated carbocycles. The molecular formula is C19H14FN5O3. The van der Waals surface area contributed by atoms with Gasteiger partial charge in [-0.15, -0.1) is 10.2 Å². The summed E-state index contributed by atoms with van der Waals surface area (Å²) in [4.78, 5) is 29.4. The summed E-state index contributed by atoms with van der Waals surface area (Å²) < 4.78 is 16.1. The molecule has 1 N–H and O–H groups in total. The number of aromatic hydroxyl groups is 1. The first-order valence-corrected chi connectivity index (χ1v) is 8.33. The maximum atomic E-state index is 14.0. The molecule has 4 aromatic rings. The van der Waals surface area contributed by atoms with Crippen LogP contribution in [-0.2, 0) is 13.6 Å². The first kappa shape index (κ1) is 17.5. The number of nitrogens with zero attached hydrogens (tertiary/aromatic N) is 5. The van der Waals surface area contributed by atoms with Crippen LogP contribution in [0.5, 0.6) is 5.75 Å². The van der Waals surface area contributed by atoms with Gasteiger partial charge >= 0.3 is 5.69 Å². The second-order valence-electron chi connectivity index (χ2n) is 6.18. The summed E-state index contributed by atoms with van der Waals surface area (Å²) in [6.45, 7) is -0.120. The zero-order valence-electron chi connectivity index (χ0n) is 14.7. The molecule has 9 heteroatoms. The molecule has 8 nitrogen and oxygen atoms in total. The molecule has 0 atom stereocenters. The summed E-state index contributed by atoms with van der Waals surface area (Å²) in [7, 11) is 1.32. The SMILES string of the molecule is Cn1c(=O)c2nc(-c3ccc(O)cc3)nnc2n(Cc2ccccc2F)c1=O. The number of fused-ring (bicyclic) bond motifs is 1. The van der Waals surface area contributed by atoms with E-state index in [0.717, 1.165) is 9.13 Å². The Morgan fingerprint density at radius 3 is 2.46 bits per heavy atom. The third kappa shape index (κ3) is 2.92. The average Bonchev–Trinajstić information content (AvgIpc) is 2.71. The normalized spacial score (nSPS) is 11.1. The van der Waals surface area contributed by atoms with E-state index < -0.39 is 17.1 Å². The Morgan fingerprint density at radius 2 is 1.75 bits per heavy atom. The van der Waals surface area contributed by atoms with E-state index in [1.807, 2.05) is 0 Å². The summed E-state index contributed by atoms with van der Waals surface area (Å²) >= 11 is 0. The summed E-state index contributed by atoms with van der Waals surface area (Å²) in [6.07, 6.45) is 0. The molecule has 2 heterocycles. The van der Waals surface area contributed by atoms with Crippen molar-refractivity contribution in [1.29, 1.82) is 0 Å². The first-order chi connectivity index (χ1) is 13.5. The molecule has 4 rings (SSSR count). The highest BCUT2D eigenvalue weighted by molar-refractivity contribution is 5.71. The van der Waals surface area contributed by atoms with Crippen LogP contribution in [0.1, 0.15) is 5.56 Å². The molecule has 0 amide bonds. The molecule has 0 aliphatic rings. The van der Waals surface area contributed by atoms with Crippen LogP contribution in [-0.4, -0.2) is 29.4 Å². The van der Waals surface area contributed by atoms with Crippen LogP contribution in [0.3, 0.4) is 0 Å². The third-order valence-corrected chi connectivity index (χ3v) is 4.36. The zero-order chi connectivity index (χ0) is 19.8. The number of aromatic nitrogens is 5. The largest absolute Gasteiger partial charge is 0.508 e. The van der Waals surface area contributed by atoms with E-state index in [0.29, 0.717) is 5.56 Å². The van der Waals surface area contributed by atoms with Crippen LogP contribution < -0.4 is 11.2 Å². The monoisotopic (exact) mass is 379 g/mol. The summed E-state index contributed by atoms with van der Waals surface area (Å²) in [5, 5.41) is 17.4. The van der Waals surface area contributed by atoms with Gasteiger partial charge in [-0.1, -0.05) is 18.2 Å². The van der Waals surface area contributed by atoms with E-state index in [2.05, 4.69) is 15.2 Å². The van der Waals surface area contributed by atoms with Crippen LogP contribution in [0.25, 0.3) is 22.6 Å². The van der Waals surface area contributed by atoms with Gasteiger partial charge in [0.15, 0.2) is 17.0 Å². The maximum Gasteiger partial charge on any atom is 0.332 e. The Labute approximate surface area is 157 Å². The van der Waals surface area contributed by atoms with Gasteiger partial charge in [-0.25, -0.2) is 14.2 Å². The highest BCUT2D eigenvalue weighted by Gasteiger charge is 2.17. The Balaban J connectivity index is 1.93. The van der Waals surface area contributed by atoms with Gasteiger partial charge in [0.05, 0.1) is 6.54 Å². The number of halogens is 1. The Bertz CT molecular complexity index is 1310. The van der Waals surface area contributed by atoms with Crippen molar-refractivity contribution in [2.24, 2.45) is 7.05 Å². The van der Waals surface area contributed by atoms with Gasteiger partial charge in [-0.05, 0) is 30.3 Å². The van der Waals surface area contributed by atoms with Gasteiger partial charge in [0.25, 0.3) is 5.56 Å². The lowest BCUT2D eigenvalue weighted by Crippen LogP contribution is -2.39. The Morgan fingerprint density at radius 1 is 1.04 bits per heavy atom. The fraction of sp³-hybridized carbons (Fsp3) is 0.105.